The Morgan fingerprint density at radius 2 is 1.94 bits per heavy atom. The lowest BCUT2D eigenvalue weighted by atomic mass is 10.2. The minimum atomic E-state index is -0.647. The summed E-state index contributed by atoms with van der Waals surface area (Å²) in [5, 5.41) is 4.00. The predicted molar refractivity (Wildman–Crippen MR) is 75.8 cm³/mol. The third-order valence-corrected chi connectivity index (χ3v) is 3.15. The molecule has 0 fully saturated rings. The molecule has 0 aliphatic heterocycles. The number of amides is 1. The molecule has 18 heavy (non-hydrogen) atoms. The fourth-order valence-corrected chi connectivity index (χ4v) is 1.91. The first kappa shape index (κ1) is 12.7. The summed E-state index contributed by atoms with van der Waals surface area (Å²) in [6.07, 6.45) is 0. The van der Waals surface area contributed by atoms with Crippen molar-refractivity contribution in [2.75, 3.05) is 0 Å². The molecule has 0 atom stereocenters. The molecule has 92 valence electrons. The number of nitrogens with zero attached hydrogens (tertiary/aromatic N) is 2. The van der Waals surface area contributed by atoms with Gasteiger partial charge in [0.25, 0.3) is 11.5 Å². The molecule has 0 bridgehead atoms. The normalized spacial score (nSPS) is 10.3. The zero-order valence-corrected chi connectivity index (χ0v) is 11.7. The number of hydrogen-bond donors (Lipinski definition) is 1. The van der Waals surface area contributed by atoms with E-state index in [0.29, 0.717) is 11.3 Å². The second kappa shape index (κ2) is 4.89. The molecule has 1 amide bonds. The van der Waals surface area contributed by atoms with Crippen molar-refractivity contribution < 1.29 is 4.79 Å². The zero-order valence-electron chi connectivity index (χ0n) is 9.55. The minimum absolute atomic E-state index is 0.105. The highest BCUT2D eigenvalue weighted by atomic mass is 127. The molecule has 5 nitrogen and oxygen atoms in total. The Morgan fingerprint density at radius 1 is 1.33 bits per heavy atom. The molecule has 0 radical (unpaired) electrons. The highest BCUT2D eigenvalue weighted by molar-refractivity contribution is 14.1. The van der Waals surface area contributed by atoms with Crippen LogP contribution in [0.1, 0.15) is 16.1 Å². The van der Waals surface area contributed by atoms with Crippen LogP contribution in [-0.4, -0.2) is 15.7 Å². The Labute approximate surface area is 117 Å². The van der Waals surface area contributed by atoms with Crippen LogP contribution >= 0.6 is 22.6 Å². The average Bonchev–Trinajstić information content (AvgIpc) is 2.30. The second-order valence-electron chi connectivity index (χ2n) is 3.77. The van der Waals surface area contributed by atoms with E-state index < -0.39 is 5.91 Å². The van der Waals surface area contributed by atoms with Gasteiger partial charge in [0.05, 0.1) is 5.69 Å². The predicted octanol–water partition coefficient (Wildman–Crippen LogP) is 1.24. The Bertz CT molecular complexity index is 662. The number of aromatic nitrogens is 2. The fourth-order valence-electron chi connectivity index (χ4n) is 1.55. The number of hydrogen-bond acceptors (Lipinski definition) is 3. The molecule has 2 aromatic rings. The van der Waals surface area contributed by atoms with Crippen molar-refractivity contribution in [2.45, 2.75) is 6.92 Å². The molecule has 2 rings (SSSR count). The molecule has 1 aromatic carbocycles. The lowest BCUT2D eigenvalue weighted by molar-refractivity contribution is 0.0993. The van der Waals surface area contributed by atoms with Gasteiger partial charge in [0.15, 0.2) is 5.69 Å². The van der Waals surface area contributed by atoms with Gasteiger partial charge in [-0.25, -0.2) is 0 Å². The van der Waals surface area contributed by atoms with Crippen LogP contribution in [0, 0.1) is 10.5 Å². The maximum absolute atomic E-state index is 11.8. The van der Waals surface area contributed by atoms with Gasteiger partial charge in [0.2, 0.25) is 0 Å². The van der Waals surface area contributed by atoms with E-state index >= 15 is 0 Å². The number of nitrogens with two attached hydrogens (primary N) is 1. The number of rotatable bonds is 2. The minimum Gasteiger partial charge on any atom is -0.364 e. The van der Waals surface area contributed by atoms with Crippen molar-refractivity contribution in [3.05, 3.63) is 55.5 Å². The summed E-state index contributed by atoms with van der Waals surface area (Å²) in [4.78, 5) is 23.1. The van der Waals surface area contributed by atoms with Crippen molar-refractivity contribution in [3.63, 3.8) is 0 Å². The Hall–Kier alpha value is -1.70. The molecule has 0 aliphatic rings. The van der Waals surface area contributed by atoms with Gasteiger partial charge in [-0.1, -0.05) is 0 Å². The molecule has 2 N–H and O–H groups in total. The molecule has 1 aromatic heterocycles. The SMILES string of the molecule is Cc1cc(=O)n(-c2ccc(I)cc2)nc1C(N)=O. The van der Waals surface area contributed by atoms with Crippen LogP contribution in [0.3, 0.4) is 0 Å². The van der Waals surface area contributed by atoms with Crippen molar-refractivity contribution in [1.82, 2.24) is 9.78 Å². The fraction of sp³-hybridized carbons (Fsp3) is 0.0833. The van der Waals surface area contributed by atoms with E-state index in [9.17, 15) is 9.59 Å². The third kappa shape index (κ3) is 2.42. The third-order valence-electron chi connectivity index (χ3n) is 2.43. The van der Waals surface area contributed by atoms with Crippen LogP contribution in [0.4, 0.5) is 0 Å². The zero-order chi connectivity index (χ0) is 13.3. The van der Waals surface area contributed by atoms with E-state index in [0.717, 1.165) is 3.57 Å². The average molecular weight is 355 g/mol. The van der Waals surface area contributed by atoms with Gasteiger partial charge in [-0.3, -0.25) is 9.59 Å². The summed E-state index contributed by atoms with van der Waals surface area (Å²) in [5.41, 5.74) is 6.11. The molecule has 0 spiro atoms. The number of primary amides is 1. The summed E-state index contributed by atoms with van der Waals surface area (Å²) in [7, 11) is 0. The molecular weight excluding hydrogens is 345 g/mol. The van der Waals surface area contributed by atoms with Crippen LogP contribution in [0.2, 0.25) is 0 Å². The van der Waals surface area contributed by atoms with Gasteiger partial charge >= 0.3 is 0 Å². The van der Waals surface area contributed by atoms with Crippen LogP contribution in [0.25, 0.3) is 5.69 Å². The summed E-state index contributed by atoms with van der Waals surface area (Å²) in [5.74, 6) is -0.647. The van der Waals surface area contributed by atoms with E-state index in [1.165, 1.54) is 10.7 Å². The Balaban J connectivity index is 2.64. The van der Waals surface area contributed by atoms with Crippen molar-refractivity contribution >= 4 is 28.5 Å². The number of halogens is 1. The molecule has 0 unspecified atom stereocenters. The first-order valence-corrected chi connectivity index (χ1v) is 6.23. The second-order valence-corrected chi connectivity index (χ2v) is 5.01. The number of carbonyl (C=O) groups is 1. The lowest BCUT2D eigenvalue weighted by Gasteiger charge is -2.07. The van der Waals surface area contributed by atoms with Crippen molar-refractivity contribution in [2.24, 2.45) is 5.73 Å². The number of benzene rings is 1. The van der Waals surface area contributed by atoms with Gasteiger partial charge in [0.1, 0.15) is 0 Å². The first-order valence-electron chi connectivity index (χ1n) is 5.16. The standard InChI is InChI=1S/C12H10IN3O2/c1-7-6-10(17)16(15-11(7)12(14)18)9-4-2-8(13)3-5-9/h2-6H,1H3,(H2,14,18). The lowest BCUT2D eigenvalue weighted by Crippen LogP contribution is -2.26. The Morgan fingerprint density at radius 3 is 2.50 bits per heavy atom. The number of aryl methyl sites for hydroxylation is 1. The quantitative estimate of drug-likeness (QED) is 0.824. The summed E-state index contributed by atoms with van der Waals surface area (Å²) < 4.78 is 2.22. The molecular formula is C12H10IN3O2. The van der Waals surface area contributed by atoms with E-state index in [2.05, 4.69) is 27.7 Å². The van der Waals surface area contributed by atoms with Gasteiger partial charge in [-0.05, 0) is 59.3 Å². The smallest absolute Gasteiger partial charge is 0.271 e. The van der Waals surface area contributed by atoms with E-state index in [4.69, 9.17) is 5.73 Å². The number of carbonyl (C=O) groups excluding carboxylic acids is 1. The maximum atomic E-state index is 11.8. The van der Waals surface area contributed by atoms with Crippen LogP contribution in [0.5, 0.6) is 0 Å². The summed E-state index contributed by atoms with van der Waals surface area (Å²) >= 11 is 2.17. The van der Waals surface area contributed by atoms with Crippen molar-refractivity contribution in [3.8, 4) is 5.69 Å². The maximum Gasteiger partial charge on any atom is 0.271 e. The highest BCUT2D eigenvalue weighted by Crippen LogP contribution is 2.09. The molecule has 6 heteroatoms. The summed E-state index contributed by atoms with van der Waals surface area (Å²) in [6, 6.07) is 8.58. The van der Waals surface area contributed by atoms with E-state index in [-0.39, 0.29) is 11.3 Å². The molecule has 0 saturated heterocycles. The van der Waals surface area contributed by atoms with Crippen molar-refractivity contribution in [1.29, 1.82) is 0 Å². The van der Waals surface area contributed by atoms with Crippen LogP contribution in [-0.2, 0) is 0 Å². The topological polar surface area (TPSA) is 78.0 Å². The molecule has 1 heterocycles. The van der Waals surface area contributed by atoms with E-state index in [1.807, 2.05) is 12.1 Å². The van der Waals surface area contributed by atoms with Crippen LogP contribution in [0.15, 0.2) is 35.1 Å². The van der Waals surface area contributed by atoms with Gasteiger partial charge in [-0.15, -0.1) is 0 Å². The monoisotopic (exact) mass is 355 g/mol. The largest absolute Gasteiger partial charge is 0.364 e. The summed E-state index contributed by atoms with van der Waals surface area (Å²) in [6.45, 7) is 1.63. The van der Waals surface area contributed by atoms with Gasteiger partial charge < -0.3 is 5.73 Å². The molecule has 0 aliphatic carbocycles. The van der Waals surface area contributed by atoms with Crippen LogP contribution < -0.4 is 11.3 Å². The molecule has 0 saturated carbocycles. The van der Waals surface area contributed by atoms with Gasteiger partial charge in [-0.2, -0.15) is 9.78 Å². The van der Waals surface area contributed by atoms with Gasteiger partial charge in [0, 0.05) is 9.64 Å². The Kier molecular flexibility index (Phi) is 3.46. The highest BCUT2D eigenvalue weighted by Gasteiger charge is 2.11. The first-order chi connectivity index (χ1) is 8.49. The van der Waals surface area contributed by atoms with E-state index in [1.54, 1.807) is 19.1 Å².